The standard InChI is InChI=1S/C23H29ClN4O/c1-2-25-23(27-14-12-18-7-5-10-21(24)15-18)26-13-6-11-22(29)28-16-19-8-3-4-9-20(19)17-28/h3-5,7-10,15H,2,6,11-14,16-17H2,1H3,(H2,25,26,27). The summed E-state index contributed by atoms with van der Waals surface area (Å²) in [6, 6.07) is 16.2. The summed E-state index contributed by atoms with van der Waals surface area (Å²) in [5.41, 5.74) is 3.72. The van der Waals surface area contributed by atoms with Crippen LogP contribution in [0.3, 0.4) is 0 Å². The zero-order chi connectivity index (χ0) is 20.5. The van der Waals surface area contributed by atoms with Crippen molar-refractivity contribution in [3.05, 3.63) is 70.2 Å². The number of nitrogens with zero attached hydrogens (tertiary/aromatic N) is 2. The molecule has 1 aliphatic heterocycles. The van der Waals surface area contributed by atoms with E-state index in [-0.39, 0.29) is 5.91 Å². The summed E-state index contributed by atoms with van der Waals surface area (Å²) < 4.78 is 0. The second-order valence-electron chi connectivity index (χ2n) is 7.19. The SMILES string of the molecule is CCNC(=NCCCC(=O)N1Cc2ccccc2C1)NCCc1cccc(Cl)c1. The van der Waals surface area contributed by atoms with Crippen molar-refractivity contribution in [3.8, 4) is 0 Å². The number of amides is 1. The first-order valence-electron chi connectivity index (χ1n) is 10.3. The lowest BCUT2D eigenvalue weighted by Gasteiger charge is -2.15. The van der Waals surface area contributed by atoms with Gasteiger partial charge in [0, 0.05) is 44.2 Å². The fourth-order valence-electron chi connectivity index (χ4n) is 3.45. The first-order chi connectivity index (χ1) is 14.2. The van der Waals surface area contributed by atoms with E-state index in [1.54, 1.807) is 0 Å². The van der Waals surface area contributed by atoms with E-state index >= 15 is 0 Å². The van der Waals surface area contributed by atoms with E-state index in [1.807, 2.05) is 42.2 Å². The van der Waals surface area contributed by atoms with Crippen molar-refractivity contribution in [3.63, 3.8) is 0 Å². The molecule has 0 unspecified atom stereocenters. The molecule has 0 aromatic heterocycles. The van der Waals surface area contributed by atoms with Gasteiger partial charge < -0.3 is 15.5 Å². The van der Waals surface area contributed by atoms with Gasteiger partial charge in [-0.15, -0.1) is 0 Å². The van der Waals surface area contributed by atoms with Crippen LogP contribution >= 0.6 is 11.6 Å². The molecule has 0 spiro atoms. The minimum Gasteiger partial charge on any atom is -0.357 e. The summed E-state index contributed by atoms with van der Waals surface area (Å²) in [6.07, 6.45) is 2.15. The number of guanidine groups is 1. The molecular formula is C23H29ClN4O. The lowest BCUT2D eigenvalue weighted by molar-refractivity contribution is -0.131. The molecule has 0 aliphatic carbocycles. The molecule has 6 heteroatoms. The summed E-state index contributed by atoms with van der Waals surface area (Å²) in [4.78, 5) is 19.0. The third kappa shape index (κ3) is 6.50. The normalized spacial score (nSPS) is 13.3. The maximum Gasteiger partial charge on any atom is 0.223 e. The second kappa shape index (κ2) is 10.9. The van der Waals surface area contributed by atoms with Gasteiger partial charge in [0.15, 0.2) is 5.96 Å². The number of aliphatic imine (C=N–C) groups is 1. The van der Waals surface area contributed by atoms with Crippen molar-refractivity contribution in [1.82, 2.24) is 15.5 Å². The fraction of sp³-hybridized carbons (Fsp3) is 0.391. The molecule has 2 aromatic carbocycles. The van der Waals surface area contributed by atoms with Crippen LogP contribution in [-0.4, -0.2) is 36.4 Å². The van der Waals surface area contributed by atoms with Crippen molar-refractivity contribution in [2.75, 3.05) is 19.6 Å². The van der Waals surface area contributed by atoms with Crippen molar-refractivity contribution < 1.29 is 4.79 Å². The van der Waals surface area contributed by atoms with Gasteiger partial charge in [-0.05, 0) is 48.6 Å². The number of halogens is 1. The lowest BCUT2D eigenvalue weighted by Crippen LogP contribution is -2.38. The van der Waals surface area contributed by atoms with Crippen molar-refractivity contribution >= 4 is 23.5 Å². The quantitative estimate of drug-likeness (QED) is 0.394. The Hall–Kier alpha value is -2.53. The number of carbonyl (C=O) groups is 1. The van der Waals surface area contributed by atoms with Crippen LogP contribution in [0.25, 0.3) is 0 Å². The van der Waals surface area contributed by atoms with Crippen molar-refractivity contribution in [2.24, 2.45) is 4.99 Å². The summed E-state index contributed by atoms with van der Waals surface area (Å²) in [7, 11) is 0. The second-order valence-corrected chi connectivity index (χ2v) is 7.63. The highest BCUT2D eigenvalue weighted by Gasteiger charge is 2.22. The van der Waals surface area contributed by atoms with Gasteiger partial charge in [0.2, 0.25) is 5.91 Å². The molecule has 29 heavy (non-hydrogen) atoms. The zero-order valence-electron chi connectivity index (χ0n) is 17.0. The molecule has 1 amide bonds. The highest BCUT2D eigenvalue weighted by atomic mass is 35.5. The Labute approximate surface area is 178 Å². The Morgan fingerprint density at radius 3 is 2.55 bits per heavy atom. The fourth-order valence-corrected chi connectivity index (χ4v) is 3.66. The molecular weight excluding hydrogens is 384 g/mol. The summed E-state index contributed by atoms with van der Waals surface area (Å²) in [5.74, 6) is 0.992. The number of benzene rings is 2. The summed E-state index contributed by atoms with van der Waals surface area (Å²) in [6.45, 7) is 5.70. The molecule has 0 saturated carbocycles. The van der Waals surface area contributed by atoms with Crippen molar-refractivity contribution in [2.45, 2.75) is 39.3 Å². The van der Waals surface area contributed by atoms with Gasteiger partial charge in [-0.3, -0.25) is 9.79 Å². The first-order valence-corrected chi connectivity index (χ1v) is 10.6. The Bertz CT molecular complexity index is 827. The van der Waals surface area contributed by atoms with Crippen LogP contribution in [0.4, 0.5) is 0 Å². The molecule has 5 nitrogen and oxygen atoms in total. The highest BCUT2D eigenvalue weighted by Crippen LogP contribution is 2.22. The molecule has 2 aromatic rings. The molecule has 0 atom stereocenters. The van der Waals surface area contributed by atoms with Crippen LogP contribution < -0.4 is 10.6 Å². The van der Waals surface area contributed by atoms with E-state index in [9.17, 15) is 4.79 Å². The van der Waals surface area contributed by atoms with E-state index in [4.69, 9.17) is 11.6 Å². The number of fused-ring (bicyclic) bond motifs is 1. The minimum absolute atomic E-state index is 0.204. The minimum atomic E-state index is 0.204. The Morgan fingerprint density at radius 1 is 1.10 bits per heavy atom. The van der Waals surface area contributed by atoms with Crippen molar-refractivity contribution in [1.29, 1.82) is 0 Å². The predicted octanol–water partition coefficient (Wildman–Crippen LogP) is 3.76. The van der Waals surface area contributed by atoms with Crippen LogP contribution in [0.15, 0.2) is 53.5 Å². The number of rotatable bonds is 8. The average molecular weight is 413 g/mol. The van der Waals surface area contributed by atoms with E-state index < -0.39 is 0 Å². The topological polar surface area (TPSA) is 56.7 Å². The van der Waals surface area contributed by atoms with E-state index in [2.05, 4.69) is 33.8 Å². The van der Waals surface area contributed by atoms with E-state index in [1.165, 1.54) is 16.7 Å². The molecule has 0 fully saturated rings. The monoisotopic (exact) mass is 412 g/mol. The predicted molar refractivity (Wildman–Crippen MR) is 119 cm³/mol. The van der Waals surface area contributed by atoms with Gasteiger partial charge in [-0.25, -0.2) is 0 Å². The molecule has 3 rings (SSSR count). The van der Waals surface area contributed by atoms with Gasteiger partial charge in [0.05, 0.1) is 0 Å². The Kier molecular flexibility index (Phi) is 7.94. The summed E-state index contributed by atoms with van der Waals surface area (Å²) in [5, 5.41) is 7.36. The molecule has 0 bridgehead atoms. The maximum atomic E-state index is 12.5. The third-order valence-electron chi connectivity index (χ3n) is 4.95. The summed E-state index contributed by atoms with van der Waals surface area (Å²) >= 11 is 6.03. The molecule has 0 radical (unpaired) electrons. The van der Waals surface area contributed by atoms with E-state index in [0.717, 1.165) is 50.0 Å². The van der Waals surface area contributed by atoms with Crippen LogP contribution in [-0.2, 0) is 24.3 Å². The largest absolute Gasteiger partial charge is 0.357 e. The van der Waals surface area contributed by atoms with Crippen LogP contribution in [0.2, 0.25) is 5.02 Å². The molecule has 154 valence electrons. The Morgan fingerprint density at radius 2 is 1.86 bits per heavy atom. The average Bonchev–Trinajstić information content (AvgIpc) is 3.15. The first kappa shape index (κ1) is 21.2. The smallest absolute Gasteiger partial charge is 0.223 e. The number of hydrogen-bond acceptors (Lipinski definition) is 2. The number of nitrogens with one attached hydrogen (secondary N) is 2. The van der Waals surface area contributed by atoms with Gasteiger partial charge in [0.1, 0.15) is 0 Å². The molecule has 1 aliphatic rings. The van der Waals surface area contributed by atoms with Crippen LogP contribution in [0.1, 0.15) is 36.5 Å². The molecule has 2 N–H and O–H groups in total. The van der Waals surface area contributed by atoms with Crippen LogP contribution in [0.5, 0.6) is 0 Å². The van der Waals surface area contributed by atoms with E-state index in [0.29, 0.717) is 13.0 Å². The lowest BCUT2D eigenvalue weighted by atomic mass is 10.1. The molecule has 1 heterocycles. The Balaban J connectivity index is 1.39. The number of hydrogen-bond donors (Lipinski definition) is 2. The highest BCUT2D eigenvalue weighted by molar-refractivity contribution is 6.30. The van der Waals surface area contributed by atoms with Gasteiger partial charge in [-0.1, -0.05) is 48.0 Å². The van der Waals surface area contributed by atoms with Gasteiger partial charge in [0.25, 0.3) is 0 Å². The van der Waals surface area contributed by atoms with Gasteiger partial charge in [-0.2, -0.15) is 0 Å². The van der Waals surface area contributed by atoms with Gasteiger partial charge >= 0.3 is 0 Å². The van der Waals surface area contributed by atoms with Crippen LogP contribution in [0, 0.1) is 0 Å². The number of carbonyl (C=O) groups excluding carboxylic acids is 1. The maximum absolute atomic E-state index is 12.5. The molecule has 0 saturated heterocycles. The zero-order valence-corrected chi connectivity index (χ0v) is 17.7. The third-order valence-corrected chi connectivity index (χ3v) is 5.19.